The van der Waals surface area contributed by atoms with Crippen LogP contribution in [-0.4, -0.2) is 27.6 Å². The normalized spacial score (nSPS) is 11.8. The molecule has 0 saturated carbocycles. The molecule has 0 amide bonds. The molecule has 4 nitrogen and oxygen atoms in total. The van der Waals surface area contributed by atoms with Gasteiger partial charge in [0.05, 0.1) is 16.3 Å². The molecule has 0 fully saturated rings. The molecule has 25 heavy (non-hydrogen) atoms. The summed E-state index contributed by atoms with van der Waals surface area (Å²) in [6.07, 6.45) is 3.98. The van der Waals surface area contributed by atoms with Crippen LogP contribution < -0.4 is 0 Å². The second-order valence-corrected chi connectivity index (χ2v) is 7.15. The molecule has 0 N–H and O–H groups in total. The van der Waals surface area contributed by atoms with Gasteiger partial charge in [-0.05, 0) is 51.1 Å². The van der Waals surface area contributed by atoms with Gasteiger partial charge >= 0.3 is 0 Å². The van der Waals surface area contributed by atoms with Crippen LogP contribution in [0.3, 0.4) is 0 Å². The Morgan fingerprint density at radius 1 is 1.16 bits per heavy atom. The van der Waals surface area contributed by atoms with Crippen LogP contribution in [-0.2, 0) is 6.54 Å². The molecule has 2 aromatic heterocycles. The van der Waals surface area contributed by atoms with E-state index in [-0.39, 0.29) is 0 Å². The molecule has 134 valence electrons. The van der Waals surface area contributed by atoms with E-state index in [1.165, 1.54) is 0 Å². The van der Waals surface area contributed by atoms with E-state index in [9.17, 15) is 0 Å². The molecule has 0 aliphatic rings. The van der Waals surface area contributed by atoms with Crippen LogP contribution in [0.2, 0.25) is 10.0 Å². The first-order chi connectivity index (χ1) is 12.0. The largest absolute Gasteiger partial charge is 0.444 e. The average molecular weight is 380 g/mol. The van der Waals surface area contributed by atoms with Crippen molar-refractivity contribution in [1.82, 2.24) is 14.5 Å². The predicted molar refractivity (Wildman–Crippen MR) is 104 cm³/mol. The minimum absolute atomic E-state index is 0.587. The number of aromatic nitrogens is 2. The number of nitrogens with zero attached hydrogens (tertiary/aromatic N) is 3. The van der Waals surface area contributed by atoms with E-state index in [0.29, 0.717) is 10.0 Å². The number of fused-ring (bicyclic) bond motifs is 1. The maximum atomic E-state index is 6.36. The maximum absolute atomic E-state index is 6.36. The highest BCUT2D eigenvalue weighted by Gasteiger charge is 2.20. The Morgan fingerprint density at radius 3 is 2.52 bits per heavy atom. The lowest BCUT2D eigenvalue weighted by Gasteiger charge is -2.20. The molecule has 3 rings (SSSR count). The van der Waals surface area contributed by atoms with E-state index in [0.717, 1.165) is 60.7 Å². The SMILES string of the molecule is CCCN(CCC)Cc1c(C)nn2c(-c3ccc(Cl)cc3Cl)coc12. The van der Waals surface area contributed by atoms with Gasteiger partial charge in [-0.3, -0.25) is 4.90 Å². The third-order valence-corrected chi connectivity index (χ3v) is 4.86. The maximum Gasteiger partial charge on any atom is 0.226 e. The summed E-state index contributed by atoms with van der Waals surface area (Å²) in [4.78, 5) is 2.45. The highest BCUT2D eigenvalue weighted by Crippen LogP contribution is 2.33. The molecule has 0 spiro atoms. The van der Waals surface area contributed by atoms with Crippen molar-refractivity contribution >= 4 is 28.9 Å². The third kappa shape index (κ3) is 3.71. The molecule has 0 aliphatic heterocycles. The van der Waals surface area contributed by atoms with Crippen molar-refractivity contribution in [2.45, 2.75) is 40.2 Å². The smallest absolute Gasteiger partial charge is 0.226 e. The lowest BCUT2D eigenvalue weighted by molar-refractivity contribution is 0.266. The summed E-state index contributed by atoms with van der Waals surface area (Å²) < 4.78 is 7.72. The second kappa shape index (κ2) is 7.81. The Balaban J connectivity index is 2.00. The minimum atomic E-state index is 0.587. The van der Waals surface area contributed by atoms with Crippen molar-refractivity contribution in [3.8, 4) is 11.3 Å². The van der Waals surface area contributed by atoms with Gasteiger partial charge in [-0.1, -0.05) is 37.0 Å². The quantitative estimate of drug-likeness (QED) is 0.517. The Labute approximate surface area is 158 Å². The van der Waals surface area contributed by atoms with Crippen molar-refractivity contribution in [3.05, 3.63) is 45.8 Å². The van der Waals surface area contributed by atoms with E-state index in [1.807, 2.05) is 23.6 Å². The molecular weight excluding hydrogens is 357 g/mol. The zero-order valence-electron chi connectivity index (χ0n) is 14.9. The lowest BCUT2D eigenvalue weighted by atomic mass is 10.2. The van der Waals surface area contributed by atoms with Gasteiger partial charge in [0.1, 0.15) is 12.0 Å². The van der Waals surface area contributed by atoms with Gasteiger partial charge in [0.25, 0.3) is 0 Å². The van der Waals surface area contributed by atoms with Gasteiger partial charge < -0.3 is 4.42 Å². The summed E-state index contributed by atoms with van der Waals surface area (Å²) >= 11 is 12.4. The predicted octanol–water partition coefficient (Wildman–Crippen LogP) is 5.83. The fraction of sp³-hybridized carbons (Fsp3) is 0.421. The van der Waals surface area contributed by atoms with Crippen LogP contribution in [0.25, 0.3) is 17.0 Å². The van der Waals surface area contributed by atoms with Crippen molar-refractivity contribution in [2.24, 2.45) is 0 Å². The number of aryl methyl sites for hydroxylation is 1. The summed E-state index contributed by atoms with van der Waals surface area (Å²) in [6, 6.07) is 5.45. The number of rotatable bonds is 7. The van der Waals surface area contributed by atoms with E-state index >= 15 is 0 Å². The number of benzene rings is 1. The molecule has 0 aliphatic carbocycles. The molecule has 1 aromatic carbocycles. The summed E-state index contributed by atoms with van der Waals surface area (Å²) in [5.41, 5.74) is 4.61. The van der Waals surface area contributed by atoms with Crippen LogP contribution >= 0.6 is 23.2 Å². The first-order valence-electron chi connectivity index (χ1n) is 8.68. The Kier molecular flexibility index (Phi) is 5.72. The summed E-state index contributed by atoms with van der Waals surface area (Å²) in [5.74, 6) is 0. The molecular formula is C19H23Cl2N3O. The van der Waals surface area contributed by atoms with Crippen LogP contribution in [0.4, 0.5) is 0 Å². The van der Waals surface area contributed by atoms with Crippen molar-refractivity contribution in [3.63, 3.8) is 0 Å². The van der Waals surface area contributed by atoms with Gasteiger partial charge in [0.15, 0.2) is 0 Å². The molecule has 0 saturated heterocycles. The lowest BCUT2D eigenvalue weighted by Crippen LogP contribution is -2.25. The third-order valence-electron chi connectivity index (χ3n) is 4.32. The first kappa shape index (κ1) is 18.3. The van der Waals surface area contributed by atoms with E-state index in [1.54, 1.807) is 12.3 Å². The molecule has 0 atom stereocenters. The van der Waals surface area contributed by atoms with Gasteiger partial charge in [-0.25, -0.2) is 0 Å². The van der Waals surface area contributed by atoms with Crippen LogP contribution in [0.5, 0.6) is 0 Å². The van der Waals surface area contributed by atoms with Crippen molar-refractivity contribution in [2.75, 3.05) is 13.1 Å². The molecule has 3 aromatic rings. The number of hydrogen-bond donors (Lipinski definition) is 0. The van der Waals surface area contributed by atoms with E-state index < -0.39 is 0 Å². The number of halogens is 2. The number of hydrogen-bond acceptors (Lipinski definition) is 3. The van der Waals surface area contributed by atoms with E-state index in [4.69, 9.17) is 32.7 Å². The summed E-state index contributed by atoms with van der Waals surface area (Å²) in [5, 5.41) is 5.89. The van der Waals surface area contributed by atoms with Crippen molar-refractivity contribution < 1.29 is 4.42 Å². The van der Waals surface area contributed by atoms with Gasteiger partial charge in [-0.15, -0.1) is 0 Å². The Bertz CT molecular complexity index is 863. The van der Waals surface area contributed by atoms with E-state index in [2.05, 4.69) is 18.7 Å². The summed E-state index contributed by atoms with van der Waals surface area (Å²) in [7, 11) is 0. The zero-order chi connectivity index (χ0) is 18.0. The average Bonchev–Trinajstić information content (AvgIpc) is 3.08. The van der Waals surface area contributed by atoms with Crippen LogP contribution in [0.15, 0.2) is 28.9 Å². The van der Waals surface area contributed by atoms with Crippen LogP contribution in [0.1, 0.15) is 37.9 Å². The molecule has 0 unspecified atom stereocenters. The number of oxazole rings is 1. The summed E-state index contributed by atoms with van der Waals surface area (Å²) in [6.45, 7) is 9.43. The standard InChI is InChI=1S/C19H23Cl2N3O/c1-4-8-23(9-5-2)11-16-13(3)22-24-18(12-25-19(16)24)15-7-6-14(20)10-17(15)21/h6-7,10,12H,4-5,8-9,11H2,1-3H3. The highest BCUT2D eigenvalue weighted by atomic mass is 35.5. The topological polar surface area (TPSA) is 33.7 Å². The fourth-order valence-corrected chi connectivity index (χ4v) is 3.67. The molecule has 0 radical (unpaired) electrons. The van der Waals surface area contributed by atoms with Crippen LogP contribution in [0, 0.1) is 6.92 Å². The molecule has 2 heterocycles. The van der Waals surface area contributed by atoms with Gasteiger partial charge in [-0.2, -0.15) is 9.61 Å². The first-order valence-corrected chi connectivity index (χ1v) is 9.44. The Morgan fingerprint density at radius 2 is 1.88 bits per heavy atom. The molecule has 0 bridgehead atoms. The van der Waals surface area contributed by atoms with Gasteiger partial charge in [0.2, 0.25) is 5.71 Å². The van der Waals surface area contributed by atoms with Crippen molar-refractivity contribution in [1.29, 1.82) is 0 Å². The fourth-order valence-electron chi connectivity index (χ4n) is 3.17. The van der Waals surface area contributed by atoms with Gasteiger partial charge in [0, 0.05) is 17.1 Å². The Hall–Kier alpha value is -1.49. The zero-order valence-corrected chi connectivity index (χ0v) is 16.4. The monoisotopic (exact) mass is 379 g/mol. The second-order valence-electron chi connectivity index (χ2n) is 6.30. The molecule has 6 heteroatoms. The highest BCUT2D eigenvalue weighted by molar-refractivity contribution is 6.36. The minimum Gasteiger partial charge on any atom is -0.444 e.